The summed E-state index contributed by atoms with van der Waals surface area (Å²) in [6, 6.07) is 1.75. The molecule has 0 unspecified atom stereocenters. The van der Waals surface area contributed by atoms with Gasteiger partial charge >= 0.3 is 0 Å². The minimum Gasteiger partial charge on any atom is -0.397 e. The number of hydrogen-bond acceptors (Lipinski definition) is 3. The normalized spacial score (nSPS) is 9.83. The topological polar surface area (TPSA) is 46.3 Å². The first-order valence-corrected chi connectivity index (χ1v) is 4.63. The zero-order chi connectivity index (χ0) is 9.14. The van der Waals surface area contributed by atoms with E-state index in [0.29, 0.717) is 17.1 Å². The molecule has 3 nitrogen and oxygen atoms in total. The molecular formula is C8H12N2OS. The molecule has 0 saturated heterocycles. The minimum absolute atomic E-state index is 0.00463. The van der Waals surface area contributed by atoms with Gasteiger partial charge in [0.05, 0.1) is 5.69 Å². The molecule has 0 spiro atoms. The first-order chi connectivity index (χ1) is 5.66. The number of anilines is 1. The van der Waals surface area contributed by atoms with Crippen LogP contribution in [0.15, 0.2) is 11.4 Å². The number of nitrogens with zero attached hydrogens (tertiary/aromatic N) is 1. The molecule has 66 valence electrons. The Balaban J connectivity index is 2.85. The lowest BCUT2D eigenvalue weighted by Crippen LogP contribution is -2.25. The first-order valence-electron chi connectivity index (χ1n) is 3.75. The van der Waals surface area contributed by atoms with Crippen molar-refractivity contribution in [3.8, 4) is 0 Å². The van der Waals surface area contributed by atoms with Gasteiger partial charge in [-0.1, -0.05) is 0 Å². The molecule has 2 N–H and O–H groups in total. The van der Waals surface area contributed by atoms with E-state index in [1.165, 1.54) is 11.3 Å². The number of carbonyl (C=O) groups is 1. The lowest BCUT2D eigenvalue weighted by Gasteiger charge is -2.13. The van der Waals surface area contributed by atoms with Crippen LogP contribution in [0.1, 0.15) is 16.6 Å². The van der Waals surface area contributed by atoms with E-state index in [-0.39, 0.29) is 5.91 Å². The molecular weight excluding hydrogens is 172 g/mol. The van der Waals surface area contributed by atoms with Crippen LogP contribution < -0.4 is 5.73 Å². The average Bonchev–Trinajstić information content (AvgIpc) is 2.48. The molecule has 4 heteroatoms. The van der Waals surface area contributed by atoms with Gasteiger partial charge in [-0.3, -0.25) is 4.79 Å². The Labute approximate surface area is 75.8 Å². The molecule has 0 aliphatic rings. The highest BCUT2D eigenvalue weighted by atomic mass is 32.1. The van der Waals surface area contributed by atoms with Crippen LogP contribution in [-0.2, 0) is 0 Å². The molecule has 1 heterocycles. The van der Waals surface area contributed by atoms with Gasteiger partial charge in [0.2, 0.25) is 0 Å². The summed E-state index contributed by atoms with van der Waals surface area (Å²) in [4.78, 5) is 13.8. The van der Waals surface area contributed by atoms with Crippen LogP contribution in [0.4, 0.5) is 5.69 Å². The summed E-state index contributed by atoms with van der Waals surface area (Å²) in [7, 11) is 1.77. The SMILES string of the molecule is CCN(C)C(=O)c1sccc1N. The number of rotatable bonds is 2. The Bertz CT molecular complexity index is 282. The van der Waals surface area contributed by atoms with E-state index in [4.69, 9.17) is 5.73 Å². The average molecular weight is 184 g/mol. The van der Waals surface area contributed by atoms with Gasteiger partial charge in [-0.15, -0.1) is 11.3 Å². The van der Waals surface area contributed by atoms with Crippen LogP contribution in [-0.4, -0.2) is 24.4 Å². The van der Waals surface area contributed by atoms with Crippen molar-refractivity contribution < 1.29 is 4.79 Å². The van der Waals surface area contributed by atoms with E-state index in [2.05, 4.69) is 0 Å². The second-order valence-electron chi connectivity index (χ2n) is 2.52. The van der Waals surface area contributed by atoms with Crippen molar-refractivity contribution in [3.05, 3.63) is 16.3 Å². The molecule has 0 atom stereocenters. The smallest absolute Gasteiger partial charge is 0.265 e. The summed E-state index contributed by atoms with van der Waals surface area (Å²) in [5.74, 6) is 0.00463. The van der Waals surface area contributed by atoms with Gasteiger partial charge in [0.1, 0.15) is 4.88 Å². The number of nitrogens with two attached hydrogens (primary N) is 1. The Morgan fingerprint density at radius 3 is 2.83 bits per heavy atom. The number of hydrogen-bond donors (Lipinski definition) is 1. The number of carbonyl (C=O) groups excluding carboxylic acids is 1. The fourth-order valence-electron chi connectivity index (χ4n) is 0.810. The highest BCUT2D eigenvalue weighted by Crippen LogP contribution is 2.19. The Hall–Kier alpha value is -1.03. The van der Waals surface area contributed by atoms with Crippen LogP contribution in [0.2, 0.25) is 0 Å². The summed E-state index contributed by atoms with van der Waals surface area (Å²) >= 11 is 1.39. The lowest BCUT2D eigenvalue weighted by molar-refractivity contribution is 0.0808. The molecule has 0 saturated carbocycles. The summed E-state index contributed by atoms with van der Waals surface area (Å²) < 4.78 is 0. The van der Waals surface area contributed by atoms with Crippen LogP contribution in [0.25, 0.3) is 0 Å². The maximum absolute atomic E-state index is 11.5. The van der Waals surface area contributed by atoms with Crippen molar-refractivity contribution in [1.29, 1.82) is 0 Å². The van der Waals surface area contributed by atoms with Gasteiger partial charge in [-0.2, -0.15) is 0 Å². The van der Waals surface area contributed by atoms with Crippen LogP contribution in [0, 0.1) is 0 Å². The van der Waals surface area contributed by atoms with Crippen molar-refractivity contribution in [3.63, 3.8) is 0 Å². The number of thiophene rings is 1. The molecule has 12 heavy (non-hydrogen) atoms. The zero-order valence-corrected chi connectivity index (χ0v) is 8.02. The van der Waals surface area contributed by atoms with Crippen molar-refractivity contribution >= 4 is 22.9 Å². The van der Waals surface area contributed by atoms with E-state index >= 15 is 0 Å². The Morgan fingerprint density at radius 2 is 2.42 bits per heavy atom. The molecule has 0 bridgehead atoms. The summed E-state index contributed by atoms with van der Waals surface area (Å²) in [6.07, 6.45) is 0. The van der Waals surface area contributed by atoms with Crippen LogP contribution >= 0.6 is 11.3 Å². The molecule has 0 fully saturated rings. The minimum atomic E-state index is 0.00463. The monoisotopic (exact) mass is 184 g/mol. The fraction of sp³-hybridized carbons (Fsp3) is 0.375. The van der Waals surface area contributed by atoms with Gasteiger partial charge in [0.25, 0.3) is 5.91 Å². The maximum Gasteiger partial charge on any atom is 0.265 e. The second kappa shape index (κ2) is 3.58. The highest BCUT2D eigenvalue weighted by Gasteiger charge is 2.13. The quantitative estimate of drug-likeness (QED) is 0.755. The molecule has 1 aromatic heterocycles. The fourth-order valence-corrected chi connectivity index (χ4v) is 1.62. The van der Waals surface area contributed by atoms with Gasteiger partial charge in [-0.25, -0.2) is 0 Å². The van der Waals surface area contributed by atoms with Crippen molar-refractivity contribution in [1.82, 2.24) is 4.90 Å². The third-order valence-electron chi connectivity index (χ3n) is 1.71. The third kappa shape index (κ3) is 1.58. The molecule has 1 aromatic rings. The van der Waals surface area contributed by atoms with Crippen LogP contribution in [0.3, 0.4) is 0 Å². The van der Waals surface area contributed by atoms with E-state index in [0.717, 1.165) is 0 Å². The van der Waals surface area contributed by atoms with Crippen molar-refractivity contribution in [2.75, 3.05) is 19.3 Å². The van der Waals surface area contributed by atoms with Gasteiger partial charge in [-0.05, 0) is 18.4 Å². The van der Waals surface area contributed by atoms with Gasteiger partial charge in [0, 0.05) is 13.6 Å². The molecule has 0 aliphatic heterocycles. The molecule has 1 amide bonds. The van der Waals surface area contributed by atoms with Crippen molar-refractivity contribution in [2.45, 2.75) is 6.92 Å². The molecule has 0 aromatic carbocycles. The van der Waals surface area contributed by atoms with E-state index in [9.17, 15) is 4.79 Å². The Morgan fingerprint density at radius 1 is 1.75 bits per heavy atom. The molecule has 0 aliphatic carbocycles. The molecule has 0 radical (unpaired) electrons. The number of amides is 1. The van der Waals surface area contributed by atoms with Crippen LogP contribution in [0.5, 0.6) is 0 Å². The van der Waals surface area contributed by atoms with Gasteiger partial charge < -0.3 is 10.6 Å². The first kappa shape index (κ1) is 9.06. The van der Waals surface area contributed by atoms with E-state index in [1.54, 1.807) is 18.0 Å². The highest BCUT2D eigenvalue weighted by molar-refractivity contribution is 7.12. The predicted octanol–water partition coefficient (Wildman–Crippen LogP) is 1.42. The third-order valence-corrected chi connectivity index (χ3v) is 2.63. The second-order valence-corrected chi connectivity index (χ2v) is 3.44. The predicted molar refractivity (Wildman–Crippen MR) is 51.4 cm³/mol. The maximum atomic E-state index is 11.5. The molecule has 1 rings (SSSR count). The summed E-state index contributed by atoms with van der Waals surface area (Å²) in [6.45, 7) is 2.64. The van der Waals surface area contributed by atoms with E-state index in [1.807, 2.05) is 12.3 Å². The van der Waals surface area contributed by atoms with Crippen molar-refractivity contribution in [2.24, 2.45) is 0 Å². The lowest BCUT2D eigenvalue weighted by atomic mass is 10.3. The summed E-state index contributed by atoms with van der Waals surface area (Å²) in [5, 5.41) is 1.83. The largest absolute Gasteiger partial charge is 0.397 e. The number of nitrogen functional groups attached to an aromatic ring is 1. The Kier molecular flexibility index (Phi) is 2.70. The standard InChI is InChI=1S/C8H12N2OS/c1-3-10(2)8(11)7-6(9)4-5-12-7/h4-5H,3,9H2,1-2H3. The zero-order valence-electron chi connectivity index (χ0n) is 7.20. The van der Waals surface area contributed by atoms with Gasteiger partial charge in [0.15, 0.2) is 0 Å². The van der Waals surface area contributed by atoms with E-state index < -0.39 is 0 Å². The summed E-state index contributed by atoms with van der Waals surface area (Å²) in [5.41, 5.74) is 6.17.